The summed E-state index contributed by atoms with van der Waals surface area (Å²) in [7, 11) is 0. The van der Waals surface area contributed by atoms with E-state index >= 15 is 0 Å². The van der Waals surface area contributed by atoms with Crippen molar-refractivity contribution in [1.29, 1.82) is 0 Å². The van der Waals surface area contributed by atoms with Gasteiger partial charge in [0.2, 0.25) is 0 Å². The maximum atomic E-state index is 10.5. The summed E-state index contributed by atoms with van der Waals surface area (Å²) in [5.41, 5.74) is 5.60. The predicted molar refractivity (Wildman–Crippen MR) is 53.4 cm³/mol. The molecule has 4 N–H and O–H groups in total. The second-order valence-electron chi connectivity index (χ2n) is 3.27. The Bertz CT molecular complexity index is 378. The molecule has 0 saturated carbocycles. The van der Waals surface area contributed by atoms with E-state index in [9.17, 15) is 20.3 Å². The molecule has 0 bridgehead atoms. The largest absolute Gasteiger partial charge is 0.502 e. The minimum Gasteiger partial charge on any atom is -0.502 e. The molecule has 1 aromatic rings. The molecule has 0 amide bonds. The Morgan fingerprint density at radius 3 is 2.60 bits per heavy atom. The van der Waals surface area contributed by atoms with Gasteiger partial charge in [-0.05, 0) is 18.6 Å². The van der Waals surface area contributed by atoms with E-state index in [4.69, 9.17) is 5.73 Å². The van der Waals surface area contributed by atoms with Crippen molar-refractivity contribution in [2.45, 2.75) is 19.1 Å². The van der Waals surface area contributed by atoms with Gasteiger partial charge in [-0.2, -0.15) is 0 Å². The van der Waals surface area contributed by atoms with Crippen molar-refractivity contribution in [3.05, 3.63) is 33.9 Å². The van der Waals surface area contributed by atoms with Crippen molar-refractivity contribution < 1.29 is 15.1 Å². The molecule has 0 spiro atoms. The molecule has 0 aliphatic rings. The van der Waals surface area contributed by atoms with Gasteiger partial charge in [-0.1, -0.05) is 6.07 Å². The maximum absolute atomic E-state index is 10.5. The predicted octanol–water partition coefficient (Wildman–Crippen LogP) is 0.681. The summed E-state index contributed by atoms with van der Waals surface area (Å²) in [5.74, 6) is -0.415. The second kappa shape index (κ2) is 4.24. The van der Waals surface area contributed by atoms with Crippen molar-refractivity contribution in [2.24, 2.45) is 5.73 Å². The van der Waals surface area contributed by atoms with Gasteiger partial charge in [0.1, 0.15) is 0 Å². The molecule has 82 valence electrons. The summed E-state index contributed by atoms with van der Waals surface area (Å²) in [4.78, 5) is 9.81. The summed E-state index contributed by atoms with van der Waals surface area (Å²) in [5, 5.41) is 28.9. The van der Waals surface area contributed by atoms with Crippen LogP contribution in [0.2, 0.25) is 0 Å². The lowest BCUT2D eigenvalue weighted by Crippen LogP contribution is -2.23. The first-order chi connectivity index (χ1) is 6.93. The molecule has 0 aliphatic carbocycles. The Morgan fingerprint density at radius 2 is 2.13 bits per heavy atom. The van der Waals surface area contributed by atoms with E-state index in [-0.39, 0.29) is 0 Å². The Kier molecular flexibility index (Phi) is 3.23. The van der Waals surface area contributed by atoms with Crippen molar-refractivity contribution in [3.8, 4) is 5.75 Å². The van der Waals surface area contributed by atoms with Crippen LogP contribution in [0.4, 0.5) is 5.69 Å². The van der Waals surface area contributed by atoms with E-state index < -0.39 is 28.5 Å². The number of phenols is 1. The number of rotatable bonds is 3. The van der Waals surface area contributed by atoms with Gasteiger partial charge >= 0.3 is 5.69 Å². The van der Waals surface area contributed by atoms with Crippen LogP contribution < -0.4 is 5.73 Å². The van der Waals surface area contributed by atoms with Crippen LogP contribution in [0.5, 0.6) is 5.75 Å². The lowest BCUT2D eigenvalue weighted by Gasteiger charge is -2.14. The molecule has 0 radical (unpaired) electrons. The lowest BCUT2D eigenvalue weighted by atomic mass is 10.0. The SMILES string of the molecule is C[C@@H](O)[C@@H](N)c1ccc(O)c([N+](=O)[O-])c1. The highest BCUT2D eigenvalue weighted by atomic mass is 16.6. The fourth-order valence-corrected chi connectivity index (χ4v) is 1.17. The van der Waals surface area contributed by atoms with Gasteiger partial charge in [0, 0.05) is 6.07 Å². The standard InChI is InChI=1S/C9H12N2O4/c1-5(12)9(10)6-2-3-8(13)7(4-6)11(14)15/h2-5,9,12-13H,10H2,1H3/t5-,9-/m1/s1. The van der Waals surface area contributed by atoms with Crippen LogP contribution in [0.25, 0.3) is 0 Å². The van der Waals surface area contributed by atoms with Crippen LogP contribution in [0.1, 0.15) is 18.5 Å². The highest BCUT2D eigenvalue weighted by molar-refractivity contribution is 5.48. The summed E-state index contributed by atoms with van der Waals surface area (Å²) in [6.07, 6.45) is -0.811. The fourth-order valence-electron chi connectivity index (χ4n) is 1.17. The zero-order valence-electron chi connectivity index (χ0n) is 8.12. The Morgan fingerprint density at radius 1 is 1.53 bits per heavy atom. The zero-order valence-corrected chi connectivity index (χ0v) is 8.12. The number of nitrogens with zero attached hydrogens (tertiary/aromatic N) is 1. The van der Waals surface area contributed by atoms with Gasteiger partial charge in [-0.25, -0.2) is 0 Å². The number of aliphatic hydroxyl groups excluding tert-OH is 1. The van der Waals surface area contributed by atoms with Gasteiger partial charge in [-0.3, -0.25) is 10.1 Å². The van der Waals surface area contributed by atoms with Crippen molar-refractivity contribution in [1.82, 2.24) is 0 Å². The summed E-state index contributed by atoms with van der Waals surface area (Å²) in [6, 6.07) is 3.09. The van der Waals surface area contributed by atoms with Crippen molar-refractivity contribution in [2.75, 3.05) is 0 Å². The normalized spacial score (nSPS) is 14.6. The van der Waals surface area contributed by atoms with E-state index in [0.717, 1.165) is 6.07 Å². The number of aromatic hydroxyl groups is 1. The van der Waals surface area contributed by atoms with E-state index in [1.54, 1.807) is 0 Å². The van der Waals surface area contributed by atoms with Crippen molar-refractivity contribution in [3.63, 3.8) is 0 Å². The molecule has 1 aromatic carbocycles. The molecule has 0 aliphatic heterocycles. The number of phenolic OH excluding ortho intramolecular Hbond substituents is 1. The van der Waals surface area contributed by atoms with E-state index in [1.807, 2.05) is 0 Å². The van der Waals surface area contributed by atoms with Crippen LogP contribution in [-0.2, 0) is 0 Å². The summed E-state index contributed by atoms with van der Waals surface area (Å²) < 4.78 is 0. The molecular weight excluding hydrogens is 200 g/mol. The number of hydrogen-bond donors (Lipinski definition) is 3. The monoisotopic (exact) mass is 212 g/mol. The topological polar surface area (TPSA) is 110 Å². The first-order valence-corrected chi connectivity index (χ1v) is 4.34. The average Bonchev–Trinajstić information content (AvgIpc) is 2.16. The Balaban J connectivity index is 3.13. The fraction of sp³-hybridized carbons (Fsp3) is 0.333. The molecule has 6 heteroatoms. The highest BCUT2D eigenvalue weighted by Gasteiger charge is 2.18. The quantitative estimate of drug-likeness (QED) is 0.504. The smallest absolute Gasteiger partial charge is 0.311 e. The molecule has 1 rings (SSSR count). The molecular formula is C9H12N2O4. The van der Waals surface area contributed by atoms with Gasteiger partial charge in [-0.15, -0.1) is 0 Å². The third-order valence-corrected chi connectivity index (χ3v) is 2.10. The first-order valence-electron chi connectivity index (χ1n) is 4.34. The molecule has 2 atom stereocenters. The number of hydrogen-bond acceptors (Lipinski definition) is 5. The molecule has 0 unspecified atom stereocenters. The molecule has 0 saturated heterocycles. The third kappa shape index (κ3) is 2.42. The van der Waals surface area contributed by atoms with Crippen LogP contribution in [-0.4, -0.2) is 21.2 Å². The molecule has 15 heavy (non-hydrogen) atoms. The minimum absolute atomic E-state index is 0.412. The summed E-state index contributed by atoms with van der Waals surface area (Å²) in [6.45, 7) is 1.49. The lowest BCUT2D eigenvalue weighted by molar-refractivity contribution is -0.385. The van der Waals surface area contributed by atoms with Gasteiger partial charge in [0.25, 0.3) is 0 Å². The van der Waals surface area contributed by atoms with E-state index in [1.165, 1.54) is 19.1 Å². The highest BCUT2D eigenvalue weighted by Crippen LogP contribution is 2.28. The Labute approximate surface area is 86.1 Å². The number of benzene rings is 1. The first kappa shape index (κ1) is 11.4. The Hall–Kier alpha value is -1.66. The molecule has 0 aromatic heterocycles. The summed E-state index contributed by atoms with van der Waals surface area (Å²) >= 11 is 0. The second-order valence-corrected chi connectivity index (χ2v) is 3.27. The van der Waals surface area contributed by atoms with Gasteiger partial charge < -0.3 is 15.9 Å². The van der Waals surface area contributed by atoms with Gasteiger partial charge in [0.15, 0.2) is 5.75 Å². The molecule has 0 heterocycles. The van der Waals surface area contributed by atoms with Crippen LogP contribution in [0.3, 0.4) is 0 Å². The van der Waals surface area contributed by atoms with Crippen LogP contribution >= 0.6 is 0 Å². The number of nitrogens with two attached hydrogens (primary N) is 1. The molecule has 0 fully saturated rings. The molecule has 6 nitrogen and oxygen atoms in total. The third-order valence-electron chi connectivity index (χ3n) is 2.10. The van der Waals surface area contributed by atoms with Crippen LogP contribution in [0.15, 0.2) is 18.2 Å². The van der Waals surface area contributed by atoms with E-state index in [0.29, 0.717) is 5.56 Å². The van der Waals surface area contributed by atoms with Gasteiger partial charge in [0.05, 0.1) is 17.1 Å². The van der Waals surface area contributed by atoms with E-state index in [2.05, 4.69) is 0 Å². The number of aliphatic hydroxyl groups is 1. The number of nitro benzene ring substituents is 1. The average molecular weight is 212 g/mol. The minimum atomic E-state index is -0.811. The number of nitro groups is 1. The van der Waals surface area contributed by atoms with Crippen LogP contribution in [0, 0.1) is 10.1 Å². The van der Waals surface area contributed by atoms with Crippen molar-refractivity contribution >= 4 is 5.69 Å². The maximum Gasteiger partial charge on any atom is 0.311 e. The zero-order chi connectivity index (χ0) is 11.6.